The second-order valence-corrected chi connectivity index (χ2v) is 6.49. The zero-order valence-electron chi connectivity index (χ0n) is 15.0. The average molecular weight is 356 g/mol. The summed E-state index contributed by atoms with van der Waals surface area (Å²) in [5.74, 6) is 0.407. The summed E-state index contributed by atoms with van der Waals surface area (Å²) in [6.45, 7) is 2.62. The van der Waals surface area contributed by atoms with Crippen molar-refractivity contribution < 1.29 is 4.79 Å². The normalized spacial score (nSPS) is 10.9. The van der Waals surface area contributed by atoms with Gasteiger partial charge in [0.1, 0.15) is 5.82 Å². The van der Waals surface area contributed by atoms with Crippen LogP contribution >= 0.6 is 0 Å². The highest BCUT2D eigenvalue weighted by molar-refractivity contribution is 5.96. The highest BCUT2D eigenvalue weighted by Gasteiger charge is 2.14. The Hall–Kier alpha value is -3.60. The van der Waals surface area contributed by atoms with Crippen LogP contribution in [0.3, 0.4) is 0 Å². The van der Waals surface area contributed by atoms with E-state index in [9.17, 15) is 4.79 Å². The molecule has 134 valence electrons. The maximum absolute atomic E-state index is 11.5. The van der Waals surface area contributed by atoms with Crippen LogP contribution in [-0.2, 0) is 6.54 Å². The third kappa shape index (κ3) is 3.40. The molecule has 4 aromatic rings. The smallest absolute Gasteiger partial charge is 0.248 e. The van der Waals surface area contributed by atoms with E-state index in [1.54, 1.807) is 12.1 Å². The van der Waals surface area contributed by atoms with Crippen molar-refractivity contribution in [2.45, 2.75) is 13.5 Å². The third-order valence-corrected chi connectivity index (χ3v) is 4.53. The van der Waals surface area contributed by atoms with Crippen molar-refractivity contribution in [3.8, 4) is 5.69 Å². The fraction of sp³-hybridized carbons (Fsp3) is 0.0909. The van der Waals surface area contributed by atoms with Gasteiger partial charge in [-0.05, 0) is 49.4 Å². The molecule has 0 aliphatic heterocycles. The third-order valence-electron chi connectivity index (χ3n) is 4.53. The van der Waals surface area contributed by atoms with E-state index >= 15 is 0 Å². The molecule has 5 heteroatoms. The molecule has 0 bridgehead atoms. The van der Waals surface area contributed by atoms with Gasteiger partial charge in [0.15, 0.2) is 0 Å². The molecule has 5 nitrogen and oxygen atoms in total. The number of rotatable bonds is 5. The van der Waals surface area contributed by atoms with Crippen LogP contribution in [0.4, 0.5) is 5.69 Å². The highest BCUT2D eigenvalue weighted by Crippen LogP contribution is 2.24. The minimum Gasteiger partial charge on any atom is -0.378 e. The molecular weight excluding hydrogens is 336 g/mol. The van der Waals surface area contributed by atoms with Crippen molar-refractivity contribution in [3.05, 3.63) is 89.7 Å². The maximum Gasteiger partial charge on any atom is 0.248 e. The largest absolute Gasteiger partial charge is 0.378 e. The van der Waals surface area contributed by atoms with Gasteiger partial charge < -0.3 is 11.1 Å². The van der Waals surface area contributed by atoms with E-state index in [-0.39, 0.29) is 0 Å². The number of fused-ring (bicyclic) bond motifs is 1. The molecule has 3 aromatic carbocycles. The number of carbonyl (C=O) groups is 1. The first-order chi connectivity index (χ1) is 13.1. The van der Waals surface area contributed by atoms with Crippen LogP contribution in [0.15, 0.2) is 72.8 Å². The van der Waals surface area contributed by atoms with Gasteiger partial charge in [-0.25, -0.2) is 4.98 Å². The number of benzene rings is 3. The number of nitrogens with two attached hydrogens (primary N) is 1. The van der Waals surface area contributed by atoms with Crippen molar-refractivity contribution in [1.29, 1.82) is 0 Å². The first-order valence-electron chi connectivity index (χ1n) is 8.79. The number of nitrogens with one attached hydrogen (secondary N) is 1. The number of imidazole rings is 1. The molecule has 0 radical (unpaired) electrons. The quantitative estimate of drug-likeness (QED) is 0.567. The molecule has 3 N–H and O–H groups in total. The molecule has 0 fully saturated rings. The number of aryl methyl sites for hydroxylation is 1. The summed E-state index contributed by atoms with van der Waals surface area (Å²) in [4.78, 5) is 16.3. The van der Waals surface area contributed by atoms with Crippen molar-refractivity contribution in [2.75, 3.05) is 5.32 Å². The lowest BCUT2D eigenvalue weighted by Crippen LogP contribution is -2.10. The number of carbonyl (C=O) groups excluding carboxylic acids is 1. The van der Waals surface area contributed by atoms with Gasteiger partial charge >= 0.3 is 0 Å². The minimum atomic E-state index is -0.453. The highest BCUT2D eigenvalue weighted by atomic mass is 16.1. The topological polar surface area (TPSA) is 72.9 Å². The van der Waals surface area contributed by atoms with Crippen molar-refractivity contribution >= 4 is 22.6 Å². The Morgan fingerprint density at radius 2 is 1.78 bits per heavy atom. The Morgan fingerprint density at radius 1 is 1.04 bits per heavy atom. The number of nitrogens with zero attached hydrogens (tertiary/aromatic N) is 2. The average Bonchev–Trinajstić information content (AvgIpc) is 3.05. The predicted octanol–water partition coefficient (Wildman–Crippen LogP) is 4.04. The molecule has 0 aliphatic rings. The summed E-state index contributed by atoms with van der Waals surface area (Å²) < 4.78 is 2.11. The second-order valence-electron chi connectivity index (χ2n) is 6.49. The van der Waals surface area contributed by atoms with Crippen LogP contribution in [0.25, 0.3) is 16.7 Å². The number of hydrogen-bond donors (Lipinski definition) is 2. The fourth-order valence-corrected chi connectivity index (χ4v) is 3.12. The van der Waals surface area contributed by atoms with Gasteiger partial charge in [-0.2, -0.15) is 0 Å². The molecular formula is C22H20N4O. The number of anilines is 1. The molecule has 1 aromatic heterocycles. The Balaban J connectivity index is 1.80. The summed E-state index contributed by atoms with van der Waals surface area (Å²) in [5, 5.41) is 3.41. The number of hydrogen-bond acceptors (Lipinski definition) is 3. The SMILES string of the molecule is Cc1ccc(-n2c(CNc3ccccc3)nc3cc(C(N)=O)ccc32)cc1. The van der Waals surface area contributed by atoms with Gasteiger partial charge in [-0.3, -0.25) is 9.36 Å². The Bertz CT molecular complexity index is 1100. The van der Waals surface area contributed by atoms with Crippen LogP contribution in [0, 0.1) is 6.92 Å². The van der Waals surface area contributed by atoms with Crippen LogP contribution in [-0.4, -0.2) is 15.5 Å². The molecule has 27 heavy (non-hydrogen) atoms. The lowest BCUT2D eigenvalue weighted by atomic mass is 10.2. The van der Waals surface area contributed by atoms with Crippen LogP contribution < -0.4 is 11.1 Å². The first kappa shape index (κ1) is 16.8. The van der Waals surface area contributed by atoms with Gasteiger partial charge in [-0.15, -0.1) is 0 Å². The number of aromatic nitrogens is 2. The van der Waals surface area contributed by atoms with Crippen molar-refractivity contribution in [3.63, 3.8) is 0 Å². The lowest BCUT2D eigenvalue weighted by Gasteiger charge is -2.11. The number of amides is 1. The number of primary amides is 1. The van der Waals surface area contributed by atoms with Gasteiger partial charge in [0, 0.05) is 16.9 Å². The fourth-order valence-electron chi connectivity index (χ4n) is 3.12. The molecule has 0 spiro atoms. The molecule has 1 heterocycles. The Kier molecular flexibility index (Phi) is 4.34. The van der Waals surface area contributed by atoms with Crippen molar-refractivity contribution in [1.82, 2.24) is 9.55 Å². The van der Waals surface area contributed by atoms with E-state index in [2.05, 4.69) is 41.1 Å². The summed E-state index contributed by atoms with van der Waals surface area (Å²) in [5.41, 5.74) is 10.8. The molecule has 1 amide bonds. The summed E-state index contributed by atoms with van der Waals surface area (Å²) >= 11 is 0. The molecule has 0 saturated carbocycles. The van der Waals surface area contributed by atoms with Crippen molar-refractivity contribution in [2.24, 2.45) is 5.73 Å². The van der Waals surface area contributed by atoms with E-state index in [0.29, 0.717) is 12.1 Å². The molecule has 4 rings (SSSR count). The first-order valence-corrected chi connectivity index (χ1v) is 8.79. The summed E-state index contributed by atoms with van der Waals surface area (Å²) in [6.07, 6.45) is 0. The lowest BCUT2D eigenvalue weighted by molar-refractivity contribution is 0.100. The minimum absolute atomic E-state index is 0.453. The zero-order chi connectivity index (χ0) is 18.8. The van der Waals surface area contributed by atoms with Gasteiger partial charge in [0.25, 0.3) is 0 Å². The monoisotopic (exact) mass is 356 g/mol. The van der Waals surface area contributed by atoms with Gasteiger partial charge in [0.05, 0.1) is 17.6 Å². The number of para-hydroxylation sites is 1. The maximum atomic E-state index is 11.5. The molecule has 0 unspecified atom stereocenters. The standard InChI is InChI=1S/C22H20N4O/c1-15-7-10-18(11-8-15)26-20-12-9-16(22(23)27)13-19(20)25-21(26)14-24-17-5-3-2-4-6-17/h2-13,24H,14H2,1H3,(H2,23,27). The van der Waals surface area contributed by atoms with Crippen LogP contribution in [0.2, 0.25) is 0 Å². The van der Waals surface area contributed by atoms with E-state index in [0.717, 1.165) is 28.2 Å². The van der Waals surface area contributed by atoms with Crippen LogP contribution in [0.1, 0.15) is 21.7 Å². The van der Waals surface area contributed by atoms with E-state index in [1.807, 2.05) is 36.4 Å². The van der Waals surface area contributed by atoms with Crippen LogP contribution in [0.5, 0.6) is 0 Å². The molecule has 0 aliphatic carbocycles. The zero-order valence-corrected chi connectivity index (χ0v) is 15.0. The van der Waals surface area contributed by atoms with E-state index in [4.69, 9.17) is 10.7 Å². The summed E-state index contributed by atoms with van der Waals surface area (Å²) in [6, 6.07) is 23.7. The predicted molar refractivity (Wildman–Crippen MR) is 108 cm³/mol. The second kappa shape index (κ2) is 6.96. The molecule has 0 atom stereocenters. The van der Waals surface area contributed by atoms with Gasteiger partial charge in [-0.1, -0.05) is 35.9 Å². The Morgan fingerprint density at radius 3 is 2.48 bits per heavy atom. The summed E-state index contributed by atoms with van der Waals surface area (Å²) in [7, 11) is 0. The van der Waals surface area contributed by atoms with E-state index in [1.165, 1.54) is 5.56 Å². The van der Waals surface area contributed by atoms with E-state index < -0.39 is 5.91 Å². The van der Waals surface area contributed by atoms with Gasteiger partial charge in [0.2, 0.25) is 5.91 Å². The molecule has 0 saturated heterocycles. The Labute approximate surface area is 157 Å².